The van der Waals surface area contributed by atoms with E-state index in [-0.39, 0.29) is 18.2 Å². The van der Waals surface area contributed by atoms with Gasteiger partial charge in [-0.1, -0.05) is 0 Å². The number of amides is 1. The van der Waals surface area contributed by atoms with Crippen LogP contribution in [0.25, 0.3) is 0 Å². The first-order valence-corrected chi connectivity index (χ1v) is 5.96. The molecule has 1 fully saturated rings. The molecule has 4 heteroatoms. The molecule has 0 radical (unpaired) electrons. The Morgan fingerprint density at radius 2 is 2.00 bits per heavy atom. The van der Waals surface area contributed by atoms with E-state index in [4.69, 9.17) is 10.5 Å². The van der Waals surface area contributed by atoms with Crippen LogP contribution in [0.5, 0.6) is 0 Å². The van der Waals surface area contributed by atoms with Gasteiger partial charge in [0.15, 0.2) is 0 Å². The van der Waals surface area contributed by atoms with Gasteiger partial charge < -0.3 is 15.4 Å². The van der Waals surface area contributed by atoms with E-state index >= 15 is 0 Å². The lowest BCUT2D eigenvalue weighted by Gasteiger charge is -2.30. The van der Waals surface area contributed by atoms with E-state index in [9.17, 15) is 4.79 Å². The van der Waals surface area contributed by atoms with Gasteiger partial charge in [-0.05, 0) is 47.0 Å². The molecule has 94 valence electrons. The highest BCUT2D eigenvalue weighted by atomic mass is 16.6. The van der Waals surface area contributed by atoms with E-state index < -0.39 is 5.60 Å². The van der Waals surface area contributed by atoms with Crippen LogP contribution in [-0.4, -0.2) is 35.2 Å². The van der Waals surface area contributed by atoms with Gasteiger partial charge in [-0.25, -0.2) is 4.79 Å². The third-order valence-corrected chi connectivity index (χ3v) is 2.66. The van der Waals surface area contributed by atoms with Crippen molar-refractivity contribution in [1.29, 1.82) is 0 Å². The summed E-state index contributed by atoms with van der Waals surface area (Å²) in [5.41, 5.74) is 5.33. The molecule has 1 saturated carbocycles. The van der Waals surface area contributed by atoms with Crippen LogP contribution < -0.4 is 5.73 Å². The average molecular weight is 228 g/mol. The molecule has 0 spiro atoms. The largest absolute Gasteiger partial charge is 0.444 e. The van der Waals surface area contributed by atoms with Gasteiger partial charge in [0.2, 0.25) is 0 Å². The highest BCUT2D eigenvalue weighted by Gasteiger charge is 2.37. The van der Waals surface area contributed by atoms with Gasteiger partial charge >= 0.3 is 6.09 Å². The van der Waals surface area contributed by atoms with Crippen molar-refractivity contribution >= 4 is 6.09 Å². The Bertz CT molecular complexity index is 258. The maximum absolute atomic E-state index is 11.9. The Labute approximate surface area is 98.1 Å². The van der Waals surface area contributed by atoms with Gasteiger partial charge in [0, 0.05) is 18.6 Å². The number of ether oxygens (including phenoxy) is 1. The first-order valence-electron chi connectivity index (χ1n) is 5.96. The third kappa shape index (κ3) is 4.00. The van der Waals surface area contributed by atoms with Crippen LogP contribution in [0.15, 0.2) is 0 Å². The molecule has 1 rings (SSSR count). The molecule has 0 aliphatic heterocycles. The van der Waals surface area contributed by atoms with E-state index in [1.54, 1.807) is 4.90 Å². The van der Waals surface area contributed by atoms with Crippen LogP contribution in [0, 0.1) is 5.92 Å². The molecule has 4 nitrogen and oxygen atoms in total. The van der Waals surface area contributed by atoms with Crippen LogP contribution in [0.4, 0.5) is 4.79 Å². The quantitative estimate of drug-likeness (QED) is 0.803. The van der Waals surface area contributed by atoms with Crippen molar-refractivity contribution < 1.29 is 9.53 Å². The smallest absolute Gasteiger partial charge is 0.410 e. The molecule has 2 atom stereocenters. The van der Waals surface area contributed by atoms with E-state index in [0.29, 0.717) is 12.5 Å². The van der Waals surface area contributed by atoms with Crippen molar-refractivity contribution in [1.82, 2.24) is 4.90 Å². The van der Waals surface area contributed by atoms with Crippen molar-refractivity contribution in [2.24, 2.45) is 11.7 Å². The molecule has 0 aromatic carbocycles. The van der Waals surface area contributed by atoms with E-state index in [0.717, 1.165) is 6.42 Å². The number of hydrogen-bond acceptors (Lipinski definition) is 3. The summed E-state index contributed by atoms with van der Waals surface area (Å²) in [6.45, 7) is 10.4. The number of carbonyl (C=O) groups is 1. The zero-order chi connectivity index (χ0) is 12.5. The Morgan fingerprint density at radius 3 is 2.31 bits per heavy atom. The maximum atomic E-state index is 11.9. The predicted octanol–water partition coefficient (Wildman–Crippen LogP) is 1.98. The molecule has 0 bridgehead atoms. The summed E-state index contributed by atoms with van der Waals surface area (Å²) in [6.07, 6.45) is 0.785. The van der Waals surface area contributed by atoms with Gasteiger partial charge in [0.1, 0.15) is 5.60 Å². The highest BCUT2D eigenvalue weighted by Crippen LogP contribution is 2.29. The van der Waals surface area contributed by atoms with Crippen molar-refractivity contribution in [3.63, 3.8) is 0 Å². The van der Waals surface area contributed by atoms with Gasteiger partial charge in [0.05, 0.1) is 0 Å². The lowest BCUT2D eigenvalue weighted by molar-refractivity contribution is 0.0180. The summed E-state index contributed by atoms with van der Waals surface area (Å²) in [5, 5.41) is 0. The van der Waals surface area contributed by atoms with Crippen LogP contribution >= 0.6 is 0 Å². The fourth-order valence-electron chi connectivity index (χ4n) is 1.55. The minimum Gasteiger partial charge on any atom is -0.444 e. The molecule has 0 aromatic rings. The van der Waals surface area contributed by atoms with Gasteiger partial charge in [-0.3, -0.25) is 0 Å². The number of rotatable bonds is 3. The molecular weight excluding hydrogens is 204 g/mol. The Kier molecular flexibility index (Phi) is 3.84. The summed E-state index contributed by atoms with van der Waals surface area (Å²) in [7, 11) is 0. The highest BCUT2D eigenvalue weighted by molar-refractivity contribution is 5.68. The average Bonchev–Trinajstić information content (AvgIpc) is 2.73. The SMILES string of the molecule is CC(C)N(CC1CC1N)C(=O)OC(C)(C)C. The third-order valence-electron chi connectivity index (χ3n) is 2.66. The summed E-state index contributed by atoms with van der Waals surface area (Å²) < 4.78 is 5.37. The monoisotopic (exact) mass is 228 g/mol. The van der Waals surface area contributed by atoms with Gasteiger partial charge in [0.25, 0.3) is 0 Å². The maximum Gasteiger partial charge on any atom is 0.410 e. The fraction of sp³-hybridized carbons (Fsp3) is 0.917. The number of nitrogens with zero attached hydrogens (tertiary/aromatic N) is 1. The normalized spacial score (nSPS) is 24.4. The molecule has 0 heterocycles. The van der Waals surface area contributed by atoms with E-state index in [1.807, 2.05) is 34.6 Å². The van der Waals surface area contributed by atoms with Crippen molar-refractivity contribution in [2.75, 3.05) is 6.54 Å². The minimum absolute atomic E-state index is 0.155. The molecule has 0 saturated heterocycles. The van der Waals surface area contributed by atoms with Gasteiger partial charge in [-0.2, -0.15) is 0 Å². The number of nitrogens with two attached hydrogens (primary N) is 1. The summed E-state index contributed by atoms with van der Waals surface area (Å²) in [6, 6.07) is 0.423. The number of carbonyl (C=O) groups excluding carboxylic acids is 1. The zero-order valence-corrected chi connectivity index (χ0v) is 11.0. The Hall–Kier alpha value is -0.770. The fourth-order valence-corrected chi connectivity index (χ4v) is 1.55. The Balaban J connectivity index is 2.52. The second-order valence-electron chi connectivity index (χ2n) is 5.89. The molecule has 1 aliphatic carbocycles. The van der Waals surface area contributed by atoms with Crippen LogP contribution in [0.3, 0.4) is 0 Å². The summed E-state index contributed by atoms with van der Waals surface area (Å²) in [4.78, 5) is 13.7. The Morgan fingerprint density at radius 1 is 1.50 bits per heavy atom. The van der Waals surface area contributed by atoms with E-state index in [2.05, 4.69) is 0 Å². The zero-order valence-electron chi connectivity index (χ0n) is 11.0. The lowest BCUT2D eigenvalue weighted by atomic mass is 10.2. The van der Waals surface area contributed by atoms with Gasteiger partial charge in [-0.15, -0.1) is 0 Å². The summed E-state index contributed by atoms with van der Waals surface area (Å²) in [5.74, 6) is 0.454. The predicted molar refractivity (Wildman–Crippen MR) is 64.2 cm³/mol. The molecule has 0 aromatic heterocycles. The lowest BCUT2D eigenvalue weighted by Crippen LogP contribution is -2.42. The van der Waals surface area contributed by atoms with Crippen molar-refractivity contribution in [2.45, 2.75) is 58.7 Å². The second kappa shape index (κ2) is 4.62. The molecule has 16 heavy (non-hydrogen) atoms. The molecule has 1 amide bonds. The molecule has 1 aliphatic rings. The van der Waals surface area contributed by atoms with Crippen LogP contribution in [0.1, 0.15) is 41.0 Å². The molecule has 2 unspecified atom stereocenters. The van der Waals surface area contributed by atoms with Crippen molar-refractivity contribution in [3.05, 3.63) is 0 Å². The number of hydrogen-bond donors (Lipinski definition) is 1. The standard InChI is InChI=1S/C12H24N2O2/c1-8(2)14(7-9-6-10(9)13)11(15)16-12(3,4)5/h8-10H,6-7,13H2,1-5H3. The van der Waals surface area contributed by atoms with E-state index in [1.165, 1.54) is 0 Å². The summed E-state index contributed by atoms with van der Waals surface area (Å²) >= 11 is 0. The first kappa shape index (κ1) is 13.3. The minimum atomic E-state index is -0.435. The topological polar surface area (TPSA) is 55.6 Å². The second-order valence-corrected chi connectivity index (χ2v) is 5.89. The van der Waals surface area contributed by atoms with Crippen molar-refractivity contribution in [3.8, 4) is 0 Å². The first-order chi connectivity index (χ1) is 7.20. The molecule has 2 N–H and O–H groups in total. The molecular formula is C12H24N2O2. The van der Waals surface area contributed by atoms with Crippen LogP contribution in [-0.2, 0) is 4.74 Å². The van der Waals surface area contributed by atoms with Crippen LogP contribution in [0.2, 0.25) is 0 Å².